The van der Waals surface area contributed by atoms with Crippen LogP contribution in [0.2, 0.25) is 0 Å². The number of amides is 1. The number of carboxylic acids is 1. The molecule has 1 aliphatic heterocycles. The molecule has 0 saturated carbocycles. The van der Waals surface area contributed by atoms with E-state index in [4.69, 9.17) is 5.11 Å². The molecule has 0 atom stereocenters. The molecule has 0 aromatic heterocycles. The Kier molecular flexibility index (Phi) is 4.03. The summed E-state index contributed by atoms with van der Waals surface area (Å²) in [6.45, 7) is 0. The number of carbonyl (C=O) groups is 2. The van der Waals surface area contributed by atoms with Crippen molar-refractivity contribution < 1.29 is 14.7 Å². The van der Waals surface area contributed by atoms with E-state index in [0.717, 1.165) is 0 Å². The molecule has 0 fully saturated rings. The highest BCUT2D eigenvalue weighted by molar-refractivity contribution is 14.2. The monoisotopic (exact) mass is 355 g/mol. The molecule has 0 radical (unpaired) electrons. The summed E-state index contributed by atoms with van der Waals surface area (Å²) >= 11 is -0.322. The lowest BCUT2D eigenvalue weighted by molar-refractivity contribution is -0.132. The molecule has 18 heavy (non-hydrogen) atoms. The van der Waals surface area contributed by atoms with Crippen molar-refractivity contribution in [3.63, 3.8) is 0 Å². The van der Waals surface area contributed by atoms with Crippen LogP contribution in [0, 0.1) is 0 Å². The lowest BCUT2D eigenvalue weighted by Crippen LogP contribution is -2.26. The van der Waals surface area contributed by atoms with Gasteiger partial charge >= 0.3 is 5.97 Å². The van der Waals surface area contributed by atoms with E-state index in [1.165, 1.54) is 0 Å². The predicted octanol–water partition coefficient (Wildman–Crippen LogP) is 2.06. The number of hydrogen-bond donors (Lipinski definition) is 2. The second-order valence-electron chi connectivity index (χ2n) is 3.48. The number of nitrogens with one attached hydrogen (secondary N) is 1. The lowest BCUT2D eigenvalue weighted by atomic mass is 10.2. The molecule has 1 aromatic carbocycles. The number of carbonyl (C=O) groups excluding carboxylic acids is 1. The number of aliphatic carboxylic acids is 1. The molecule has 1 aromatic rings. The van der Waals surface area contributed by atoms with Gasteiger partial charge < -0.3 is 10.4 Å². The Morgan fingerprint density at radius 1 is 1.17 bits per heavy atom. The van der Waals surface area contributed by atoms with Crippen molar-refractivity contribution in [2.24, 2.45) is 0 Å². The lowest BCUT2D eigenvalue weighted by Gasteiger charge is -2.10. The van der Waals surface area contributed by atoms with E-state index >= 15 is 0 Å². The Morgan fingerprint density at radius 2 is 1.89 bits per heavy atom. The Balaban J connectivity index is 2.24. The maximum absolute atomic E-state index is 11.9. The van der Waals surface area contributed by atoms with E-state index in [1.54, 1.807) is 34.4 Å². The third kappa shape index (κ3) is 2.92. The maximum atomic E-state index is 11.9. The van der Waals surface area contributed by atoms with E-state index < -0.39 is 5.97 Å². The van der Waals surface area contributed by atoms with Gasteiger partial charge in [0.25, 0.3) is 5.91 Å². The quantitative estimate of drug-likeness (QED) is 0.816. The summed E-state index contributed by atoms with van der Waals surface area (Å²) in [5.74, 6) is -1.32. The molecule has 5 heteroatoms. The molecule has 0 aliphatic carbocycles. The fourth-order valence-corrected chi connectivity index (χ4v) is 3.04. The van der Waals surface area contributed by atoms with Gasteiger partial charge in [-0.1, -0.05) is 38.9 Å². The zero-order valence-corrected chi connectivity index (χ0v) is 11.4. The van der Waals surface area contributed by atoms with Crippen LogP contribution in [0.15, 0.2) is 51.8 Å². The Bertz CT molecular complexity index is 573. The zero-order chi connectivity index (χ0) is 13.0. The van der Waals surface area contributed by atoms with Crippen molar-refractivity contribution >= 4 is 36.6 Å². The molecule has 0 saturated heterocycles. The van der Waals surface area contributed by atoms with Gasteiger partial charge in [-0.2, -0.15) is 0 Å². The first-order valence-corrected chi connectivity index (χ1v) is 7.63. The van der Waals surface area contributed by atoms with Crippen LogP contribution in [-0.2, 0) is 4.79 Å². The summed E-state index contributed by atoms with van der Waals surface area (Å²) < 4.78 is 3.64. The van der Waals surface area contributed by atoms with Gasteiger partial charge in [0.15, 0.2) is 0 Å². The third-order valence-corrected chi connectivity index (χ3v) is 4.04. The van der Waals surface area contributed by atoms with E-state index in [0.29, 0.717) is 11.3 Å². The minimum atomic E-state index is -1.03. The Hall–Kier alpha value is -1.76. The highest BCUT2D eigenvalue weighted by Gasteiger charge is 2.15. The summed E-state index contributed by atoms with van der Waals surface area (Å²) in [5.41, 5.74) is 1.03. The standard InChI is InChI=1S/C13H10INO3/c16-12(9-4-2-1-3-5-9)15-11-8-14-7-6-10(11)13(17)18/h1-8H,(H,15,16)(H,17,18). The third-order valence-electron chi connectivity index (χ3n) is 2.28. The second kappa shape index (κ2) is 5.72. The molecule has 1 heterocycles. The van der Waals surface area contributed by atoms with Gasteiger partial charge in [0.2, 0.25) is 0 Å². The van der Waals surface area contributed by atoms with Crippen molar-refractivity contribution in [3.8, 4) is 0 Å². The van der Waals surface area contributed by atoms with Gasteiger partial charge in [0.1, 0.15) is 0 Å². The summed E-state index contributed by atoms with van der Waals surface area (Å²) in [7, 11) is 0. The van der Waals surface area contributed by atoms with E-state index in [2.05, 4.69) is 5.32 Å². The van der Waals surface area contributed by atoms with Crippen LogP contribution in [0.1, 0.15) is 10.4 Å². The zero-order valence-electron chi connectivity index (χ0n) is 9.26. The molecule has 92 valence electrons. The number of carboxylic acid groups (broad SMARTS) is 1. The highest BCUT2D eigenvalue weighted by Crippen LogP contribution is 2.15. The molecule has 2 rings (SSSR count). The summed E-state index contributed by atoms with van der Waals surface area (Å²) in [5, 5.41) is 11.7. The Labute approximate surface area is 114 Å². The molecule has 2 N–H and O–H groups in total. The van der Waals surface area contributed by atoms with Crippen molar-refractivity contribution in [2.45, 2.75) is 0 Å². The molecule has 0 unspecified atom stereocenters. The van der Waals surface area contributed by atoms with E-state index in [9.17, 15) is 9.59 Å². The molecular formula is C13H10INO3. The van der Waals surface area contributed by atoms with Crippen molar-refractivity contribution in [1.29, 1.82) is 0 Å². The fourth-order valence-electron chi connectivity index (χ4n) is 1.41. The largest absolute Gasteiger partial charge is 0.478 e. The second-order valence-corrected chi connectivity index (χ2v) is 5.54. The van der Waals surface area contributed by atoms with Crippen molar-refractivity contribution in [1.82, 2.24) is 5.32 Å². The summed E-state index contributed by atoms with van der Waals surface area (Å²) in [6, 6.07) is 8.71. The van der Waals surface area contributed by atoms with Gasteiger partial charge in [-0.25, -0.2) is 4.79 Å². The molecule has 1 aliphatic rings. The highest BCUT2D eigenvalue weighted by atomic mass is 127. The molecule has 1 amide bonds. The van der Waals surface area contributed by atoms with Gasteiger partial charge in [0.05, 0.1) is 11.3 Å². The normalized spacial score (nSPS) is 14.0. The first kappa shape index (κ1) is 12.7. The molecule has 0 spiro atoms. The average Bonchev–Trinajstić information content (AvgIpc) is 2.40. The Morgan fingerprint density at radius 3 is 2.56 bits per heavy atom. The van der Waals surface area contributed by atoms with Gasteiger partial charge in [-0.05, 0) is 26.3 Å². The van der Waals surface area contributed by atoms with Crippen LogP contribution in [0.5, 0.6) is 0 Å². The first-order valence-electron chi connectivity index (χ1n) is 5.14. The number of rotatable bonds is 3. The van der Waals surface area contributed by atoms with E-state index in [1.807, 2.05) is 10.1 Å². The first-order chi connectivity index (χ1) is 8.68. The minimum Gasteiger partial charge on any atom is -0.478 e. The number of hydrogen-bond acceptors (Lipinski definition) is 2. The van der Waals surface area contributed by atoms with Crippen LogP contribution in [0.25, 0.3) is 0 Å². The van der Waals surface area contributed by atoms with Crippen molar-refractivity contribution in [3.05, 3.63) is 57.3 Å². The fraction of sp³-hybridized carbons (Fsp3) is 0. The van der Waals surface area contributed by atoms with Crippen LogP contribution in [0.3, 0.4) is 0 Å². The number of allylic oxidation sites excluding steroid dienone is 1. The smallest absolute Gasteiger partial charge is 0.337 e. The van der Waals surface area contributed by atoms with Gasteiger partial charge in [-0.3, -0.25) is 4.79 Å². The minimum absolute atomic E-state index is 0.130. The molecule has 4 nitrogen and oxygen atoms in total. The van der Waals surface area contributed by atoms with Crippen molar-refractivity contribution in [2.75, 3.05) is 0 Å². The predicted molar refractivity (Wildman–Crippen MR) is 77.8 cm³/mol. The van der Waals surface area contributed by atoms with Crippen LogP contribution < -0.4 is 5.32 Å². The molecule has 0 bridgehead atoms. The topological polar surface area (TPSA) is 66.4 Å². The number of benzene rings is 1. The van der Waals surface area contributed by atoms with Gasteiger partial charge in [-0.15, -0.1) is 0 Å². The summed E-state index contributed by atoms with van der Waals surface area (Å²) in [4.78, 5) is 22.9. The van der Waals surface area contributed by atoms with E-state index in [-0.39, 0.29) is 32.2 Å². The number of halogens is 1. The SMILES string of the molecule is O=C(O)C1=C(NC(=O)c2ccccc2)C=IC=C1. The molecular weight excluding hydrogens is 345 g/mol. The van der Waals surface area contributed by atoms with Crippen LogP contribution in [0.4, 0.5) is 0 Å². The summed E-state index contributed by atoms with van der Waals surface area (Å²) in [6.07, 6.45) is 1.55. The van der Waals surface area contributed by atoms with Crippen LogP contribution in [-0.4, -0.2) is 21.0 Å². The average molecular weight is 355 g/mol. The van der Waals surface area contributed by atoms with Crippen LogP contribution >= 0.6 is 20.7 Å². The maximum Gasteiger partial charge on any atom is 0.337 e. The van der Waals surface area contributed by atoms with Gasteiger partial charge in [0, 0.05) is 5.56 Å².